The maximum atomic E-state index is 6.19. The molecule has 3 fully saturated rings. The minimum atomic E-state index is -0.328. The van der Waals surface area contributed by atoms with E-state index in [2.05, 4.69) is 87.1 Å². The predicted octanol–water partition coefficient (Wildman–Crippen LogP) is 4.68. The van der Waals surface area contributed by atoms with Crippen molar-refractivity contribution in [3.8, 4) is 11.1 Å². The van der Waals surface area contributed by atoms with Crippen LogP contribution < -0.4 is 5.46 Å². The van der Waals surface area contributed by atoms with E-state index >= 15 is 0 Å². The Hall–Kier alpha value is -2.15. The minimum Gasteiger partial charge on any atom is -0.399 e. The fourth-order valence-corrected chi connectivity index (χ4v) is 5.78. The molecular formula is C26H32BN3O2. The Balaban J connectivity index is 1.25. The van der Waals surface area contributed by atoms with Gasteiger partial charge in [0.25, 0.3) is 0 Å². The van der Waals surface area contributed by atoms with E-state index in [0.29, 0.717) is 6.04 Å². The van der Waals surface area contributed by atoms with Crippen molar-refractivity contribution >= 4 is 23.6 Å². The molecule has 6 heteroatoms. The van der Waals surface area contributed by atoms with E-state index in [9.17, 15) is 0 Å². The molecule has 3 aliphatic rings. The lowest BCUT2D eigenvalue weighted by Gasteiger charge is -2.32. The molecule has 1 aromatic heterocycles. The minimum absolute atomic E-state index is 0.327. The van der Waals surface area contributed by atoms with Crippen LogP contribution in [0.3, 0.4) is 0 Å². The summed E-state index contributed by atoms with van der Waals surface area (Å²) in [5, 5.41) is 0. The summed E-state index contributed by atoms with van der Waals surface area (Å²) in [6.45, 7) is 8.35. The lowest BCUT2D eigenvalue weighted by Crippen LogP contribution is -2.41. The molecule has 1 saturated carbocycles. The standard InChI is InChI=1S/C26H32BN3O2/c1-25(2)26(3,4)32-27(31-25)19-10-6-16(7-11-19)17-9-13-21-22(15-17)29-24(28-21)23-18-8-12-20(14-18)30(23)5/h6-7,9-11,13,15,18,20,23H,8,12,14H2,1-5H3,(H,28,29)/t18-,20+,23?/m0/s1. The van der Waals surface area contributed by atoms with E-state index < -0.39 is 0 Å². The Labute approximate surface area is 190 Å². The number of rotatable bonds is 3. The number of imidazole rings is 1. The highest BCUT2D eigenvalue weighted by atomic mass is 16.7. The smallest absolute Gasteiger partial charge is 0.399 e. The Morgan fingerprint density at radius 1 is 0.969 bits per heavy atom. The zero-order valence-corrected chi connectivity index (χ0v) is 19.7. The third-order valence-electron chi connectivity index (χ3n) is 8.46. The molecule has 6 rings (SSSR count). The normalized spacial score (nSPS) is 28.8. The molecule has 166 valence electrons. The summed E-state index contributed by atoms with van der Waals surface area (Å²) >= 11 is 0. The summed E-state index contributed by atoms with van der Waals surface area (Å²) in [5.41, 5.74) is 4.93. The van der Waals surface area contributed by atoms with Gasteiger partial charge in [0.1, 0.15) is 5.82 Å². The second-order valence-electron chi connectivity index (χ2n) is 10.9. The molecule has 0 amide bonds. The summed E-state index contributed by atoms with van der Waals surface area (Å²) in [6, 6.07) is 16.2. The maximum Gasteiger partial charge on any atom is 0.494 e. The van der Waals surface area contributed by atoms with Crippen LogP contribution >= 0.6 is 0 Å². The first kappa shape index (κ1) is 20.5. The van der Waals surface area contributed by atoms with Crippen molar-refractivity contribution in [2.75, 3.05) is 7.05 Å². The van der Waals surface area contributed by atoms with E-state index in [1.54, 1.807) is 0 Å². The number of H-pyrrole nitrogens is 1. The van der Waals surface area contributed by atoms with Crippen molar-refractivity contribution in [2.24, 2.45) is 5.92 Å². The van der Waals surface area contributed by atoms with Gasteiger partial charge in [-0.1, -0.05) is 30.3 Å². The van der Waals surface area contributed by atoms with Gasteiger partial charge < -0.3 is 14.3 Å². The zero-order chi connectivity index (χ0) is 22.3. The quantitative estimate of drug-likeness (QED) is 0.614. The molecule has 3 heterocycles. The van der Waals surface area contributed by atoms with Crippen molar-refractivity contribution in [3.05, 3.63) is 48.3 Å². The average molecular weight is 429 g/mol. The molecule has 5 nitrogen and oxygen atoms in total. The number of hydrogen-bond donors (Lipinski definition) is 1. The summed E-state index contributed by atoms with van der Waals surface area (Å²) in [5.74, 6) is 1.87. The second-order valence-corrected chi connectivity index (χ2v) is 10.9. The van der Waals surface area contributed by atoms with E-state index in [0.717, 1.165) is 34.3 Å². The Bertz CT molecular complexity index is 1150. The van der Waals surface area contributed by atoms with Crippen molar-refractivity contribution in [1.29, 1.82) is 0 Å². The van der Waals surface area contributed by atoms with Gasteiger partial charge in [-0.05, 0) is 88.6 Å². The number of nitrogens with one attached hydrogen (secondary N) is 1. The topological polar surface area (TPSA) is 50.4 Å². The molecule has 1 aliphatic carbocycles. The van der Waals surface area contributed by atoms with Crippen LogP contribution in [0.4, 0.5) is 0 Å². The van der Waals surface area contributed by atoms with Gasteiger partial charge in [-0.3, -0.25) is 4.90 Å². The van der Waals surface area contributed by atoms with Crippen LogP contribution in [-0.4, -0.2) is 46.3 Å². The molecule has 2 bridgehead atoms. The van der Waals surface area contributed by atoms with Crippen LogP contribution in [0.1, 0.15) is 58.8 Å². The first-order valence-electron chi connectivity index (χ1n) is 11.9. The van der Waals surface area contributed by atoms with Crippen LogP contribution in [0.2, 0.25) is 0 Å². The molecule has 0 spiro atoms. The van der Waals surface area contributed by atoms with Crippen LogP contribution in [0.5, 0.6) is 0 Å². The van der Waals surface area contributed by atoms with E-state index in [-0.39, 0.29) is 18.3 Å². The van der Waals surface area contributed by atoms with Gasteiger partial charge in [0.15, 0.2) is 0 Å². The van der Waals surface area contributed by atoms with Crippen molar-refractivity contribution < 1.29 is 9.31 Å². The third-order valence-corrected chi connectivity index (χ3v) is 8.46. The van der Waals surface area contributed by atoms with Crippen LogP contribution in [-0.2, 0) is 9.31 Å². The summed E-state index contributed by atoms with van der Waals surface area (Å²) < 4.78 is 12.4. The predicted molar refractivity (Wildman–Crippen MR) is 129 cm³/mol. The fourth-order valence-electron chi connectivity index (χ4n) is 5.78. The highest BCUT2D eigenvalue weighted by Gasteiger charge is 2.51. The molecule has 2 aromatic carbocycles. The number of piperidine rings is 1. The first-order chi connectivity index (χ1) is 15.2. The molecule has 3 atom stereocenters. The Morgan fingerprint density at radius 3 is 2.31 bits per heavy atom. The highest BCUT2D eigenvalue weighted by molar-refractivity contribution is 6.62. The molecule has 32 heavy (non-hydrogen) atoms. The molecule has 1 unspecified atom stereocenters. The molecular weight excluding hydrogens is 397 g/mol. The van der Waals surface area contributed by atoms with Crippen LogP contribution in [0, 0.1) is 5.92 Å². The highest BCUT2D eigenvalue weighted by Crippen LogP contribution is 2.48. The average Bonchev–Trinajstić information content (AvgIpc) is 3.49. The zero-order valence-electron chi connectivity index (χ0n) is 19.7. The van der Waals surface area contributed by atoms with Crippen molar-refractivity contribution in [1.82, 2.24) is 14.9 Å². The fraction of sp³-hybridized carbons (Fsp3) is 0.500. The Morgan fingerprint density at radius 2 is 1.66 bits per heavy atom. The van der Waals surface area contributed by atoms with Gasteiger partial charge in [0.2, 0.25) is 0 Å². The maximum absolute atomic E-state index is 6.19. The van der Waals surface area contributed by atoms with E-state index in [1.165, 1.54) is 30.4 Å². The van der Waals surface area contributed by atoms with E-state index in [4.69, 9.17) is 14.3 Å². The molecule has 3 aromatic rings. The number of nitrogens with zero attached hydrogens (tertiary/aromatic N) is 2. The molecule has 1 N–H and O–H groups in total. The van der Waals surface area contributed by atoms with Gasteiger partial charge in [-0.25, -0.2) is 4.98 Å². The number of benzene rings is 2. The Kier molecular flexibility index (Phi) is 4.43. The number of fused-ring (bicyclic) bond motifs is 3. The SMILES string of the molecule is CN1C(c2nc3ccc(-c4ccc(B5OC(C)(C)C(C)(C)O5)cc4)cc3[nH]2)[C@H]2CC[C@@H]1C2. The molecule has 2 saturated heterocycles. The number of hydrogen-bond acceptors (Lipinski definition) is 4. The van der Waals surface area contributed by atoms with Crippen molar-refractivity contribution in [3.63, 3.8) is 0 Å². The van der Waals surface area contributed by atoms with Crippen LogP contribution in [0.25, 0.3) is 22.2 Å². The van der Waals surface area contributed by atoms with Crippen LogP contribution in [0.15, 0.2) is 42.5 Å². The lowest BCUT2D eigenvalue weighted by molar-refractivity contribution is 0.00578. The van der Waals surface area contributed by atoms with Gasteiger partial charge in [-0.2, -0.15) is 0 Å². The number of aromatic nitrogens is 2. The number of likely N-dealkylation sites (tertiary alicyclic amines) is 1. The van der Waals surface area contributed by atoms with Crippen molar-refractivity contribution in [2.45, 2.75) is 70.2 Å². The van der Waals surface area contributed by atoms with Gasteiger partial charge in [0.05, 0.1) is 28.3 Å². The molecule has 2 aliphatic heterocycles. The van der Waals surface area contributed by atoms with E-state index in [1.807, 2.05) is 0 Å². The second kappa shape index (κ2) is 6.93. The largest absolute Gasteiger partial charge is 0.494 e. The molecule has 0 radical (unpaired) electrons. The van der Waals surface area contributed by atoms with Gasteiger partial charge in [0, 0.05) is 6.04 Å². The van der Waals surface area contributed by atoms with Gasteiger partial charge in [-0.15, -0.1) is 0 Å². The third kappa shape index (κ3) is 3.07. The summed E-state index contributed by atoms with van der Waals surface area (Å²) in [6.07, 6.45) is 3.99. The first-order valence-corrected chi connectivity index (χ1v) is 11.9. The summed E-state index contributed by atoms with van der Waals surface area (Å²) in [4.78, 5) is 11.1. The van der Waals surface area contributed by atoms with Gasteiger partial charge >= 0.3 is 7.12 Å². The monoisotopic (exact) mass is 429 g/mol. The number of aromatic amines is 1. The lowest BCUT2D eigenvalue weighted by atomic mass is 9.78. The summed E-state index contributed by atoms with van der Waals surface area (Å²) in [7, 11) is 1.93.